The van der Waals surface area contributed by atoms with Crippen LogP contribution < -0.4 is 26.0 Å². The lowest BCUT2D eigenvalue weighted by Gasteiger charge is -2.17. The molecule has 0 aliphatic carbocycles. The fourth-order valence-corrected chi connectivity index (χ4v) is 2.70. The van der Waals surface area contributed by atoms with E-state index in [-0.39, 0.29) is 23.9 Å². The molecule has 4 N–H and O–H groups in total. The predicted octanol–water partition coefficient (Wildman–Crippen LogP) is 2.66. The number of carbonyl (C=O) groups excluding carboxylic acids is 2. The monoisotopic (exact) mass is 428 g/mol. The molecule has 0 spiro atoms. The predicted molar refractivity (Wildman–Crippen MR) is 97.4 cm³/mol. The van der Waals surface area contributed by atoms with E-state index in [2.05, 4.69) is 25.3 Å². The molecule has 160 valence electrons. The van der Waals surface area contributed by atoms with Crippen LogP contribution in [0.15, 0.2) is 24.4 Å². The molecule has 0 unspecified atom stereocenters. The number of anilines is 3. The SMILES string of the molecule is CC1(C)CN(c2ncc(C(=O)Nc3cc(OC(F)(F)F)ccc3F)c(N)n2)C(=O)N1. The standard InChI is InChI=1S/C17H16F4N6O3/c1-16(2)7-27(15(29)26-16)14-23-6-9(12(22)25-14)13(28)24-11-5-8(3-4-10(11)18)30-17(19,20)21/h3-6H,7H2,1-2H3,(H,24,28)(H,26,29)(H2,22,23,25). The van der Waals surface area contributed by atoms with Crippen molar-refractivity contribution < 1.29 is 31.9 Å². The van der Waals surface area contributed by atoms with Gasteiger partial charge in [-0.15, -0.1) is 13.2 Å². The molecule has 2 aromatic rings. The van der Waals surface area contributed by atoms with Crippen LogP contribution in [0.2, 0.25) is 0 Å². The van der Waals surface area contributed by atoms with E-state index in [9.17, 15) is 27.2 Å². The summed E-state index contributed by atoms with van der Waals surface area (Å²) in [6.45, 7) is 3.84. The normalized spacial score (nSPS) is 15.7. The molecule has 1 aliphatic rings. The zero-order valence-corrected chi connectivity index (χ0v) is 15.7. The maximum absolute atomic E-state index is 13.9. The van der Waals surface area contributed by atoms with Crippen molar-refractivity contribution in [2.24, 2.45) is 0 Å². The van der Waals surface area contributed by atoms with Crippen LogP contribution in [0, 0.1) is 5.82 Å². The summed E-state index contributed by atoms with van der Waals surface area (Å²) in [5, 5.41) is 4.80. The summed E-state index contributed by atoms with van der Waals surface area (Å²) >= 11 is 0. The number of carbonyl (C=O) groups is 2. The summed E-state index contributed by atoms with van der Waals surface area (Å²) in [5.41, 5.74) is 4.42. The zero-order chi connectivity index (χ0) is 22.3. The topological polar surface area (TPSA) is 122 Å². The number of aromatic nitrogens is 2. The third-order valence-corrected chi connectivity index (χ3v) is 3.96. The van der Waals surface area contributed by atoms with Crippen LogP contribution in [-0.4, -0.2) is 40.4 Å². The van der Waals surface area contributed by atoms with Crippen LogP contribution >= 0.6 is 0 Å². The molecule has 0 radical (unpaired) electrons. The van der Waals surface area contributed by atoms with Gasteiger partial charge in [0.15, 0.2) is 0 Å². The van der Waals surface area contributed by atoms with Gasteiger partial charge in [0.25, 0.3) is 5.91 Å². The Morgan fingerprint density at radius 1 is 1.37 bits per heavy atom. The van der Waals surface area contributed by atoms with Gasteiger partial charge in [-0.25, -0.2) is 14.2 Å². The highest BCUT2D eigenvalue weighted by atomic mass is 19.4. The minimum Gasteiger partial charge on any atom is -0.406 e. The second-order valence-electron chi connectivity index (χ2n) is 7.01. The summed E-state index contributed by atoms with van der Waals surface area (Å²) in [7, 11) is 0. The first-order valence-corrected chi connectivity index (χ1v) is 8.43. The molecule has 3 rings (SSSR count). The minimum absolute atomic E-state index is 0.0427. The number of hydrogen-bond acceptors (Lipinski definition) is 6. The average molecular weight is 428 g/mol. The highest BCUT2D eigenvalue weighted by Crippen LogP contribution is 2.28. The van der Waals surface area contributed by atoms with Gasteiger partial charge in [0, 0.05) is 12.3 Å². The lowest BCUT2D eigenvalue weighted by Crippen LogP contribution is -2.36. The van der Waals surface area contributed by atoms with E-state index in [1.54, 1.807) is 13.8 Å². The molecule has 0 atom stereocenters. The third-order valence-electron chi connectivity index (χ3n) is 3.96. The Labute approximate surface area is 167 Å². The number of alkyl halides is 3. The molecule has 9 nitrogen and oxygen atoms in total. The molecule has 13 heteroatoms. The molecule has 0 bridgehead atoms. The minimum atomic E-state index is -4.98. The average Bonchev–Trinajstić information content (AvgIpc) is 2.89. The Bertz CT molecular complexity index is 1010. The van der Waals surface area contributed by atoms with Crippen LogP contribution in [0.4, 0.5) is 39.8 Å². The number of nitrogens with one attached hydrogen (secondary N) is 2. The molecular weight excluding hydrogens is 412 g/mol. The third kappa shape index (κ3) is 4.67. The van der Waals surface area contributed by atoms with Gasteiger partial charge in [0.05, 0.1) is 17.8 Å². The highest BCUT2D eigenvalue weighted by molar-refractivity contribution is 6.07. The molecule has 1 aromatic heterocycles. The number of ether oxygens (including phenoxy) is 1. The van der Waals surface area contributed by atoms with Gasteiger partial charge >= 0.3 is 12.4 Å². The first-order valence-electron chi connectivity index (χ1n) is 8.43. The van der Waals surface area contributed by atoms with Gasteiger partial charge in [-0.2, -0.15) is 4.98 Å². The van der Waals surface area contributed by atoms with Crippen LogP contribution in [-0.2, 0) is 0 Å². The number of hydrogen-bond donors (Lipinski definition) is 3. The first kappa shape index (κ1) is 21.1. The second-order valence-corrected chi connectivity index (χ2v) is 7.01. The number of nitrogens with two attached hydrogens (primary N) is 1. The second kappa shape index (κ2) is 7.31. The number of urea groups is 1. The Morgan fingerprint density at radius 3 is 2.63 bits per heavy atom. The summed E-state index contributed by atoms with van der Waals surface area (Å²) in [6.07, 6.45) is -3.96. The zero-order valence-electron chi connectivity index (χ0n) is 15.7. The fourth-order valence-electron chi connectivity index (χ4n) is 2.70. The van der Waals surface area contributed by atoms with E-state index in [1.807, 2.05) is 0 Å². The Balaban J connectivity index is 1.80. The number of halogens is 4. The summed E-state index contributed by atoms with van der Waals surface area (Å²) in [5.74, 6) is -3.03. The van der Waals surface area contributed by atoms with Gasteiger partial charge in [0.1, 0.15) is 22.9 Å². The summed E-state index contributed by atoms with van der Waals surface area (Å²) in [6, 6.07) is 1.68. The van der Waals surface area contributed by atoms with Gasteiger partial charge in [-0.3, -0.25) is 9.69 Å². The van der Waals surface area contributed by atoms with Gasteiger partial charge < -0.3 is 21.1 Å². The van der Waals surface area contributed by atoms with Crippen LogP contribution in [0.1, 0.15) is 24.2 Å². The highest BCUT2D eigenvalue weighted by Gasteiger charge is 2.37. The Hall–Kier alpha value is -3.64. The van der Waals surface area contributed by atoms with E-state index >= 15 is 0 Å². The lowest BCUT2D eigenvalue weighted by atomic mass is 10.1. The number of nitrogen functional groups attached to an aromatic ring is 1. The Morgan fingerprint density at radius 2 is 2.07 bits per heavy atom. The van der Waals surface area contributed by atoms with E-state index in [0.717, 1.165) is 12.3 Å². The Kier molecular flexibility index (Phi) is 5.14. The molecule has 1 saturated heterocycles. The van der Waals surface area contributed by atoms with Gasteiger partial charge in [-0.1, -0.05) is 0 Å². The van der Waals surface area contributed by atoms with Crippen molar-refractivity contribution in [1.29, 1.82) is 0 Å². The lowest BCUT2D eigenvalue weighted by molar-refractivity contribution is -0.274. The molecule has 0 saturated carbocycles. The number of amides is 3. The van der Waals surface area contributed by atoms with Crippen LogP contribution in [0.5, 0.6) is 5.75 Å². The summed E-state index contributed by atoms with van der Waals surface area (Å²) < 4.78 is 54.6. The van der Waals surface area contributed by atoms with Crippen molar-refractivity contribution in [2.75, 3.05) is 22.5 Å². The van der Waals surface area contributed by atoms with E-state index in [0.29, 0.717) is 12.1 Å². The molecule has 1 fully saturated rings. The van der Waals surface area contributed by atoms with Crippen LogP contribution in [0.25, 0.3) is 0 Å². The van der Waals surface area contributed by atoms with E-state index < -0.39 is 41.1 Å². The van der Waals surface area contributed by atoms with Crippen LogP contribution in [0.3, 0.4) is 0 Å². The number of nitrogens with zero attached hydrogens (tertiary/aromatic N) is 3. The van der Waals surface area contributed by atoms with Crippen molar-refractivity contribution in [2.45, 2.75) is 25.7 Å². The van der Waals surface area contributed by atoms with E-state index in [1.165, 1.54) is 4.90 Å². The molecule has 3 amide bonds. The van der Waals surface area contributed by atoms with E-state index in [4.69, 9.17) is 5.73 Å². The number of benzene rings is 1. The molecule has 30 heavy (non-hydrogen) atoms. The first-order chi connectivity index (χ1) is 13.8. The molecule has 1 aromatic carbocycles. The summed E-state index contributed by atoms with van der Waals surface area (Å²) in [4.78, 5) is 33.5. The van der Waals surface area contributed by atoms with Crippen molar-refractivity contribution in [3.05, 3.63) is 35.8 Å². The number of rotatable bonds is 4. The quantitative estimate of drug-likeness (QED) is 0.644. The maximum Gasteiger partial charge on any atom is 0.573 e. The maximum atomic E-state index is 13.9. The fraction of sp³-hybridized carbons (Fsp3) is 0.294. The van der Waals surface area contributed by atoms with Crippen molar-refractivity contribution in [3.8, 4) is 5.75 Å². The molecule has 2 heterocycles. The van der Waals surface area contributed by atoms with Crippen molar-refractivity contribution >= 4 is 29.4 Å². The van der Waals surface area contributed by atoms with Gasteiger partial charge in [-0.05, 0) is 26.0 Å². The van der Waals surface area contributed by atoms with Crippen molar-refractivity contribution in [1.82, 2.24) is 15.3 Å². The smallest absolute Gasteiger partial charge is 0.406 e. The van der Waals surface area contributed by atoms with Gasteiger partial charge in [0.2, 0.25) is 5.95 Å². The van der Waals surface area contributed by atoms with Crippen molar-refractivity contribution in [3.63, 3.8) is 0 Å². The largest absolute Gasteiger partial charge is 0.573 e. The molecular formula is C17H16F4N6O3. The molecule has 1 aliphatic heterocycles.